The fourth-order valence-corrected chi connectivity index (χ4v) is 7.10. The van der Waals surface area contributed by atoms with Crippen molar-refractivity contribution in [2.45, 2.75) is 81.7 Å². The van der Waals surface area contributed by atoms with Gasteiger partial charge in [0.2, 0.25) is 0 Å². The number of rotatable bonds is 10. The Morgan fingerprint density at radius 1 is 1.00 bits per heavy atom. The number of sulfone groups is 1. The molecule has 2 aromatic carbocycles. The van der Waals surface area contributed by atoms with E-state index in [2.05, 4.69) is 25.2 Å². The van der Waals surface area contributed by atoms with E-state index < -0.39 is 15.4 Å². The Morgan fingerprint density at radius 3 is 2.24 bits per heavy atom. The molecular formula is C27H41N3O2S. The molecule has 3 rings (SSSR count). The van der Waals surface area contributed by atoms with Crippen LogP contribution in [0.25, 0.3) is 0 Å². The van der Waals surface area contributed by atoms with Crippen molar-refractivity contribution in [2.24, 2.45) is 0 Å². The predicted octanol–water partition coefficient (Wildman–Crippen LogP) is 5.70. The maximum absolute atomic E-state index is 13.8. The van der Waals surface area contributed by atoms with Crippen LogP contribution in [-0.4, -0.2) is 33.8 Å². The topological polar surface area (TPSA) is 75.4 Å². The number of anilines is 2. The van der Waals surface area contributed by atoms with Gasteiger partial charge in [-0.25, -0.2) is 8.42 Å². The van der Waals surface area contributed by atoms with E-state index in [-0.39, 0.29) is 11.8 Å². The molecule has 5 nitrogen and oxygen atoms in total. The lowest BCUT2D eigenvalue weighted by Crippen LogP contribution is -2.50. The molecule has 6 heteroatoms. The summed E-state index contributed by atoms with van der Waals surface area (Å²) in [5.41, 5.74) is 9.21. The van der Waals surface area contributed by atoms with Crippen molar-refractivity contribution in [3.63, 3.8) is 0 Å². The minimum absolute atomic E-state index is 0.139. The van der Waals surface area contributed by atoms with Crippen molar-refractivity contribution in [1.82, 2.24) is 5.32 Å². The average Bonchev–Trinajstić information content (AvgIpc) is 2.86. The standard InChI is InChI=1S/C27H41N3O2S/c1-5-7-9-16-27(17-10-8-6-2)20-33(31,32)25-15-14-23(30(3)4)19-24(25)26(29-27)21-12-11-13-22(28)18-21/h11-15,18-19,26,29H,5-10,16-17,20,28H2,1-4H3. The normalized spacial score (nSPS) is 19.0. The molecule has 0 saturated carbocycles. The molecule has 3 N–H and O–H groups in total. The zero-order chi connectivity index (χ0) is 24.1. The molecule has 0 aromatic heterocycles. The second-order valence-electron chi connectivity index (χ2n) is 9.82. The third-order valence-electron chi connectivity index (χ3n) is 6.83. The molecule has 2 aromatic rings. The van der Waals surface area contributed by atoms with Crippen LogP contribution in [0.15, 0.2) is 47.4 Å². The fraction of sp³-hybridized carbons (Fsp3) is 0.556. The molecule has 182 valence electrons. The minimum Gasteiger partial charge on any atom is -0.399 e. The summed E-state index contributed by atoms with van der Waals surface area (Å²) in [4.78, 5) is 2.46. The molecule has 0 radical (unpaired) electrons. The van der Waals surface area contributed by atoms with Crippen LogP contribution in [0.1, 0.15) is 82.4 Å². The van der Waals surface area contributed by atoms with E-state index in [1.807, 2.05) is 49.3 Å². The summed E-state index contributed by atoms with van der Waals surface area (Å²) in [6, 6.07) is 13.4. The van der Waals surface area contributed by atoms with Gasteiger partial charge in [0.1, 0.15) is 0 Å². The maximum Gasteiger partial charge on any atom is 0.180 e. The molecular weight excluding hydrogens is 430 g/mol. The molecule has 33 heavy (non-hydrogen) atoms. The van der Waals surface area contributed by atoms with Crippen LogP contribution in [0.5, 0.6) is 0 Å². The number of nitrogens with two attached hydrogens (primary N) is 1. The first-order chi connectivity index (χ1) is 15.7. The first kappa shape index (κ1) is 25.6. The summed E-state index contributed by atoms with van der Waals surface area (Å²) in [5, 5.41) is 3.92. The van der Waals surface area contributed by atoms with Gasteiger partial charge in [0, 0.05) is 31.0 Å². The monoisotopic (exact) mass is 471 g/mol. The van der Waals surface area contributed by atoms with Crippen LogP contribution < -0.4 is 16.0 Å². The molecule has 1 heterocycles. The highest BCUT2D eigenvalue weighted by Gasteiger charge is 2.42. The lowest BCUT2D eigenvalue weighted by atomic mass is 9.85. The average molecular weight is 472 g/mol. The molecule has 0 spiro atoms. The van der Waals surface area contributed by atoms with Crippen LogP contribution in [0.2, 0.25) is 0 Å². The minimum atomic E-state index is -3.47. The Hall–Kier alpha value is -2.05. The molecule has 0 aliphatic carbocycles. The highest BCUT2D eigenvalue weighted by Crippen LogP contribution is 2.40. The van der Waals surface area contributed by atoms with Crippen molar-refractivity contribution in [3.8, 4) is 0 Å². The zero-order valence-corrected chi connectivity index (χ0v) is 21.5. The Balaban J connectivity index is 2.18. The van der Waals surface area contributed by atoms with Crippen LogP contribution in [0, 0.1) is 0 Å². The highest BCUT2D eigenvalue weighted by molar-refractivity contribution is 7.91. The predicted molar refractivity (Wildman–Crippen MR) is 140 cm³/mol. The molecule has 0 fully saturated rings. The quantitative estimate of drug-likeness (QED) is 0.343. The lowest BCUT2D eigenvalue weighted by Gasteiger charge is -2.37. The van der Waals surface area contributed by atoms with E-state index in [0.29, 0.717) is 10.6 Å². The first-order valence-corrected chi connectivity index (χ1v) is 14.0. The third kappa shape index (κ3) is 6.10. The van der Waals surface area contributed by atoms with Gasteiger partial charge >= 0.3 is 0 Å². The molecule has 0 saturated heterocycles. The van der Waals surface area contributed by atoms with Gasteiger partial charge in [-0.1, -0.05) is 64.5 Å². The number of fused-ring (bicyclic) bond motifs is 1. The Bertz CT molecular complexity index is 1020. The summed E-state index contributed by atoms with van der Waals surface area (Å²) >= 11 is 0. The van der Waals surface area contributed by atoms with Gasteiger partial charge in [-0.2, -0.15) is 0 Å². The molecule has 1 aliphatic rings. The Morgan fingerprint density at radius 2 is 1.67 bits per heavy atom. The molecule has 1 aliphatic heterocycles. The van der Waals surface area contributed by atoms with E-state index >= 15 is 0 Å². The van der Waals surface area contributed by atoms with Gasteiger partial charge in [-0.15, -0.1) is 0 Å². The van der Waals surface area contributed by atoms with Crippen LogP contribution in [-0.2, 0) is 9.84 Å². The molecule has 0 bridgehead atoms. The molecule has 0 amide bonds. The van der Waals surface area contributed by atoms with Crippen molar-refractivity contribution in [1.29, 1.82) is 0 Å². The molecule has 1 unspecified atom stereocenters. The number of nitrogens with zero attached hydrogens (tertiary/aromatic N) is 1. The van der Waals surface area contributed by atoms with Crippen LogP contribution >= 0.6 is 0 Å². The SMILES string of the molecule is CCCCCC1(CCCCC)CS(=O)(=O)c2ccc(N(C)C)cc2C(c2cccc(N)c2)N1. The third-order valence-corrected chi connectivity index (χ3v) is 8.81. The molecule has 1 atom stereocenters. The van der Waals surface area contributed by atoms with Crippen molar-refractivity contribution >= 4 is 21.2 Å². The zero-order valence-electron chi connectivity index (χ0n) is 20.7. The second kappa shape index (κ2) is 10.9. The van der Waals surface area contributed by atoms with Crippen molar-refractivity contribution < 1.29 is 8.42 Å². The van der Waals surface area contributed by atoms with Gasteiger partial charge < -0.3 is 10.6 Å². The summed E-state index contributed by atoms with van der Waals surface area (Å²) in [6.45, 7) is 4.38. The summed E-state index contributed by atoms with van der Waals surface area (Å²) < 4.78 is 27.6. The van der Waals surface area contributed by atoms with Gasteiger partial charge in [0.25, 0.3) is 0 Å². The number of hydrogen-bond acceptors (Lipinski definition) is 5. The number of nitrogen functional groups attached to an aromatic ring is 1. The lowest BCUT2D eigenvalue weighted by molar-refractivity contribution is 0.275. The van der Waals surface area contributed by atoms with E-state index in [1.54, 1.807) is 6.07 Å². The Labute approximate surface area is 200 Å². The number of benzene rings is 2. The highest BCUT2D eigenvalue weighted by atomic mass is 32.2. The summed E-state index contributed by atoms with van der Waals surface area (Å²) in [5.74, 6) is 0.139. The largest absolute Gasteiger partial charge is 0.399 e. The van der Waals surface area contributed by atoms with Gasteiger partial charge in [0.15, 0.2) is 9.84 Å². The Kier molecular flexibility index (Phi) is 8.46. The van der Waals surface area contributed by atoms with Crippen LogP contribution in [0.4, 0.5) is 11.4 Å². The smallest absolute Gasteiger partial charge is 0.180 e. The number of hydrogen-bond donors (Lipinski definition) is 2. The summed E-state index contributed by atoms with van der Waals surface area (Å²) in [7, 11) is 0.497. The fourth-order valence-electron chi connectivity index (χ4n) is 5.03. The maximum atomic E-state index is 13.8. The van der Waals surface area contributed by atoms with Crippen LogP contribution in [0.3, 0.4) is 0 Å². The number of unbranched alkanes of at least 4 members (excludes halogenated alkanes) is 4. The summed E-state index contributed by atoms with van der Waals surface area (Å²) in [6.07, 6.45) is 8.21. The van der Waals surface area contributed by atoms with E-state index in [1.165, 1.54) is 0 Å². The van der Waals surface area contributed by atoms with Crippen molar-refractivity contribution in [2.75, 3.05) is 30.5 Å². The second-order valence-corrected chi connectivity index (χ2v) is 11.8. The van der Waals surface area contributed by atoms with E-state index in [9.17, 15) is 8.42 Å². The first-order valence-electron chi connectivity index (χ1n) is 12.4. The van der Waals surface area contributed by atoms with E-state index in [0.717, 1.165) is 68.2 Å². The number of nitrogens with one attached hydrogen (secondary N) is 1. The van der Waals surface area contributed by atoms with Crippen molar-refractivity contribution in [3.05, 3.63) is 53.6 Å². The van der Waals surface area contributed by atoms with E-state index in [4.69, 9.17) is 5.73 Å². The van der Waals surface area contributed by atoms with Gasteiger partial charge in [-0.05, 0) is 54.3 Å². The van der Waals surface area contributed by atoms with Gasteiger partial charge in [-0.3, -0.25) is 5.32 Å². The van der Waals surface area contributed by atoms with Gasteiger partial charge in [0.05, 0.1) is 16.7 Å².